The number of amides is 1. The van der Waals surface area contributed by atoms with Crippen LogP contribution in [0.2, 0.25) is 0 Å². The summed E-state index contributed by atoms with van der Waals surface area (Å²) in [6, 6.07) is 13.3. The minimum absolute atomic E-state index is 0.129. The molecule has 0 aliphatic rings. The summed E-state index contributed by atoms with van der Waals surface area (Å²) < 4.78 is 18.0. The number of methoxy groups -OCH3 is 1. The lowest BCUT2D eigenvalue weighted by Crippen LogP contribution is -2.24. The molecule has 0 spiro atoms. The molecular formula is C23H16Br3N3O7. The monoisotopic (exact) mass is 683 g/mol. The summed E-state index contributed by atoms with van der Waals surface area (Å²) in [6.45, 7) is -0.296. The van der Waals surface area contributed by atoms with Gasteiger partial charge in [-0.3, -0.25) is 14.9 Å². The molecule has 13 heteroatoms. The van der Waals surface area contributed by atoms with Crippen LogP contribution in [0.25, 0.3) is 0 Å². The highest BCUT2D eigenvalue weighted by molar-refractivity contribution is 9.11. The van der Waals surface area contributed by atoms with Crippen LogP contribution in [-0.4, -0.2) is 36.7 Å². The van der Waals surface area contributed by atoms with Crippen molar-refractivity contribution in [2.24, 2.45) is 5.10 Å². The summed E-state index contributed by atoms with van der Waals surface area (Å²) in [5, 5.41) is 14.6. The fraction of sp³-hybridized carbons (Fsp3) is 0.0870. The number of hydrazone groups is 1. The molecule has 0 saturated heterocycles. The second-order valence-corrected chi connectivity index (χ2v) is 9.51. The molecule has 0 aliphatic heterocycles. The molecule has 0 atom stereocenters. The molecule has 0 bridgehead atoms. The van der Waals surface area contributed by atoms with E-state index >= 15 is 0 Å². The fourth-order valence-electron chi connectivity index (χ4n) is 2.74. The van der Waals surface area contributed by atoms with Crippen LogP contribution in [0.3, 0.4) is 0 Å². The van der Waals surface area contributed by atoms with E-state index < -0.39 is 16.8 Å². The minimum Gasteiger partial charge on any atom is -0.493 e. The summed E-state index contributed by atoms with van der Waals surface area (Å²) >= 11 is 10.0. The van der Waals surface area contributed by atoms with E-state index in [1.54, 1.807) is 24.3 Å². The second-order valence-electron chi connectivity index (χ2n) is 6.88. The summed E-state index contributed by atoms with van der Waals surface area (Å²) in [5.41, 5.74) is 3.00. The molecule has 3 rings (SSSR count). The summed E-state index contributed by atoms with van der Waals surface area (Å²) in [4.78, 5) is 34.6. The largest absolute Gasteiger partial charge is 0.493 e. The Labute approximate surface area is 230 Å². The number of hydrogen-bond acceptors (Lipinski definition) is 8. The number of hydrogen-bond donors (Lipinski definition) is 1. The maximum Gasteiger partial charge on any atom is 0.343 e. The number of ether oxygens (including phenoxy) is 3. The first kappa shape index (κ1) is 27.3. The highest BCUT2D eigenvalue weighted by Crippen LogP contribution is 2.38. The molecule has 0 radical (unpaired) electrons. The Bertz CT molecular complexity index is 1330. The molecule has 10 nitrogen and oxygen atoms in total. The Morgan fingerprint density at radius 2 is 1.75 bits per heavy atom. The number of nitro groups is 1. The average Bonchev–Trinajstić information content (AvgIpc) is 2.84. The predicted octanol–water partition coefficient (Wildman–Crippen LogP) is 5.64. The molecule has 1 amide bonds. The minimum atomic E-state index is -0.673. The summed E-state index contributed by atoms with van der Waals surface area (Å²) in [5.74, 6) is -0.0968. The maximum atomic E-state index is 12.3. The number of benzene rings is 3. The lowest BCUT2D eigenvalue weighted by molar-refractivity contribution is -0.384. The van der Waals surface area contributed by atoms with Crippen molar-refractivity contribution in [2.75, 3.05) is 13.7 Å². The van der Waals surface area contributed by atoms with Crippen LogP contribution in [0.1, 0.15) is 15.9 Å². The topological polar surface area (TPSA) is 129 Å². The van der Waals surface area contributed by atoms with Crippen molar-refractivity contribution < 1.29 is 28.7 Å². The third-order valence-electron chi connectivity index (χ3n) is 4.42. The van der Waals surface area contributed by atoms with Crippen molar-refractivity contribution in [1.29, 1.82) is 0 Å². The zero-order valence-corrected chi connectivity index (χ0v) is 23.1. The van der Waals surface area contributed by atoms with E-state index in [0.717, 1.165) is 4.47 Å². The first-order valence-electron chi connectivity index (χ1n) is 9.92. The van der Waals surface area contributed by atoms with Gasteiger partial charge >= 0.3 is 5.97 Å². The number of carbonyl (C=O) groups is 2. The van der Waals surface area contributed by atoms with Gasteiger partial charge in [0.25, 0.3) is 11.6 Å². The number of nitro benzene ring substituents is 1. The highest BCUT2D eigenvalue weighted by atomic mass is 79.9. The quantitative estimate of drug-likeness (QED) is 0.102. The molecule has 0 saturated carbocycles. The van der Waals surface area contributed by atoms with Gasteiger partial charge in [0.15, 0.2) is 18.1 Å². The molecule has 3 aromatic rings. The molecule has 0 aromatic heterocycles. The zero-order valence-electron chi connectivity index (χ0n) is 18.4. The molecule has 0 aliphatic carbocycles. The number of rotatable bonds is 9. The number of non-ortho nitro benzene ring substituents is 1. The molecule has 1 N–H and O–H groups in total. The van der Waals surface area contributed by atoms with Crippen molar-refractivity contribution in [3.05, 3.63) is 89.3 Å². The highest BCUT2D eigenvalue weighted by Gasteiger charge is 2.14. The zero-order chi connectivity index (χ0) is 26.2. The summed E-state index contributed by atoms with van der Waals surface area (Å²) in [6.07, 6.45) is 1.40. The van der Waals surface area contributed by atoms with Gasteiger partial charge in [-0.05, 0) is 79.9 Å². The Balaban J connectivity index is 1.55. The van der Waals surface area contributed by atoms with Gasteiger partial charge in [-0.15, -0.1) is 0 Å². The van der Waals surface area contributed by atoms with Gasteiger partial charge < -0.3 is 14.2 Å². The molecule has 0 fully saturated rings. The Morgan fingerprint density at radius 1 is 1.03 bits per heavy atom. The van der Waals surface area contributed by atoms with E-state index in [1.807, 2.05) is 0 Å². The first-order valence-corrected chi connectivity index (χ1v) is 12.3. The first-order chi connectivity index (χ1) is 17.2. The van der Waals surface area contributed by atoms with Gasteiger partial charge in [-0.2, -0.15) is 5.10 Å². The number of carbonyl (C=O) groups excluding carboxylic acids is 2. The number of nitrogens with zero attached hydrogens (tertiary/aromatic N) is 2. The predicted molar refractivity (Wildman–Crippen MR) is 142 cm³/mol. The summed E-state index contributed by atoms with van der Waals surface area (Å²) in [7, 11) is 1.49. The van der Waals surface area contributed by atoms with Gasteiger partial charge in [0.1, 0.15) is 5.75 Å². The van der Waals surface area contributed by atoms with Gasteiger partial charge in [0.05, 0.1) is 32.8 Å². The van der Waals surface area contributed by atoms with Crippen LogP contribution in [0.4, 0.5) is 5.69 Å². The third-order valence-corrected chi connectivity index (χ3v) is 6.08. The molecule has 0 heterocycles. The SMILES string of the molecule is COc1cc(Br)cc(Br)c1OCC(=O)N/N=C/c1ccc(OC(=O)c2ccc([N+](=O)[O-])cc2)c(Br)c1. The van der Waals surface area contributed by atoms with E-state index in [1.165, 1.54) is 43.7 Å². The molecule has 0 unspecified atom stereocenters. The standard InChI is InChI=1S/C23H16Br3N3O7/c1-34-20-10-15(24)9-18(26)22(20)35-12-21(30)28-27-11-13-2-7-19(17(25)8-13)36-23(31)14-3-5-16(6-4-14)29(32)33/h2-11H,12H2,1H3,(H,28,30)/b27-11+. The molecule has 36 heavy (non-hydrogen) atoms. The fourth-order valence-corrected chi connectivity index (χ4v) is 4.51. The number of esters is 1. The third kappa shape index (κ3) is 7.35. The Kier molecular flexibility index (Phi) is 9.56. The van der Waals surface area contributed by atoms with Crippen molar-refractivity contribution >= 4 is 71.6 Å². The molecule has 3 aromatic carbocycles. The van der Waals surface area contributed by atoms with Gasteiger partial charge in [-0.1, -0.05) is 15.9 Å². The molecular weight excluding hydrogens is 670 g/mol. The Morgan fingerprint density at radius 3 is 2.39 bits per heavy atom. The van der Waals surface area contributed by atoms with Crippen LogP contribution >= 0.6 is 47.8 Å². The van der Waals surface area contributed by atoms with Crippen LogP contribution in [0, 0.1) is 10.1 Å². The number of halogens is 3. The van der Waals surface area contributed by atoms with Gasteiger partial charge in [-0.25, -0.2) is 10.2 Å². The van der Waals surface area contributed by atoms with E-state index in [2.05, 4.69) is 58.3 Å². The van der Waals surface area contributed by atoms with Crippen molar-refractivity contribution in [3.63, 3.8) is 0 Å². The normalized spacial score (nSPS) is 10.7. The van der Waals surface area contributed by atoms with Crippen LogP contribution in [-0.2, 0) is 4.79 Å². The van der Waals surface area contributed by atoms with E-state index in [-0.39, 0.29) is 23.6 Å². The number of nitrogens with one attached hydrogen (secondary N) is 1. The lowest BCUT2D eigenvalue weighted by atomic mass is 10.2. The average molecular weight is 686 g/mol. The van der Waals surface area contributed by atoms with Crippen LogP contribution in [0.5, 0.6) is 17.2 Å². The van der Waals surface area contributed by atoms with Crippen molar-refractivity contribution in [2.45, 2.75) is 0 Å². The van der Waals surface area contributed by atoms with Crippen LogP contribution < -0.4 is 19.6 Å². The Hall–Kier alpha value is -3.29. The smallest absolute Gasteiger partial charge is 0.343 e. The van der Waals surface area contributed by atoms with E-state index in [4.69, 9.17) is 14.2 Å². The van der Waals surface area contributed by atoms with E-state index in [9.17, 15) is 19.7 Å². The van der Waals surface area contributed by atoms with Crippen molar-refractivity contribution in [3.8, 4) is 17.2 Å². The lowest BCUT2D eigenvalue weighted by Gasteiger charge is -2.12. The molecule has 186 valence electrons. The van der Waals surface area contributed by atoms with E-state index in [0.29, 0.717) is 26.0 Å². The van der Waals surface area contributed by atoms with Gasteiger partial charge in [0.2, 0.25) is 0 Å². The maximum absolute atomic E-state index is 12.3. The van der Waals surface area contributed by atoms with Gasteiger partial charge in [0, 0.05) is 16.6 Å². The van der Waals surface area contributed by atoms with Crippen molar-refractivity contribution in [1.82, 2.24) is 5.43 Å². The van der Waals surface area contributed by atoms with Crippen LogP contribution in [0.15, 0.2) is 73.1 Å². The second kappa shape index (κ2) is 12.6.